The quantitative estimate of drug-likeness (QED) is 0.619. The predicted octanol–water partition coefficient (Wildman–Crippen LogP) is 2.71. The summed E-state index contributed by atoms with van der Waals surface area (Å²) in [5.74, 6) is 3.96. The van der Waals surface area contributed by atoms with E-state index in [1.165, 1.54) is 56.5 Å². The molecule has 2 aliphatic rings. The zero-order chi connectivity index (χ0) is 12.6. The van der Waals surface area contributed by atoms with Gasteiger partial charge in [-0.1, -0.05) is 32.1 Å². The number of hydrogen-bond acceptors (Lipinski definition) is 2. The van der Waals surface area contributed by atoms with Gasteiger partial charge in [0.05, 0.1) is 0 Å². The van der Waals surface area contributed by atoms with Crippen molar-refractivity contribution in [1.82, 2.24) is 4.90 Å². The smallest absolute Gasteiger partial charge is 0.191 e. The third-order valence-electron chi connectivity index (χ3n) is 4.07. The number of hydrogen-bond donors (Lipinski definition) is 1. The minimum Gasteiger partial charge on any atom is -0.370 e. The van der Waals surface area contributed by atoms with Crippen LogP contribution in [0.25, 0.3) is 0 Å². The maximum Gasteiger partial charge on any atom is 0.191 e. The lowest BCUT2D eigenvalue weighted by Crippen LogP contribution is -2.42. The highest BCUT2D eigenvalue weighted by atomic mass is 32.2. The van der Waals surface area contributed by atoms with E-state index in [0.717, 1.165) is 31.5 Å². The molecule has 0 radical (unpaired) electrons. The first-order valence-electron chi connectivity index (χ1n) is 7.49. The summed E-state index contributed by atoms with van der Waals surface area (Å²) in [6.07, 6.45) is 9.75. The summed E-state index contributed by atoms with van der Waals surface area (Å²) in [6, 6.07) is 0. The highest BCUT2D eigenvalue weighted by Gasteiger charge is 2.14. The number of guanidine groups is 1. The molecule has 1 aliphatic carbocycles. The van der Waals surface area contributed by atoms with Crippen molar-refractivity contribution in [2.24, 2.45) is 16.6 Å². The molecule has 4 heteroatoms. The largest absolute Gasteiger partial charge is 0.370 e. The van der Waals surface area contributed by atoms with Crippen LogP contribution < -0.4 is 5.73 Å². The molecule has 104 valence electrons. The van der Waals surface area contributed by atoms with E-state index in [1.54, 1.807) is 0 Å². The number of nitrogens with two attached hydrogens (primary N) is 1. The molecule has 0 aromatic rings. The van der Waals surface area contributed by atoms with Crippen molar-refractivity contribution in [3.05, 3.63) is 0 Å². The highest BCUT2D eigenvalue weighted by molar-refractivity contribution is 7.99. The fourth-order valence-corrected chi connectivity index (χ4v) is 3.74. The maximum absolute atomic E-state index is 6.10. The van der Waals surface area contributed by atoms with Gasteiger partial charge in [0.2, 0.25) is 0 Å². The topological polar surface area (TPSA) is 41.6 Å². The number of thioether (sulfide) groups is 1. The van der Waals surface area contributed by atoms with Crippen LogP contribution in [0.4, 0.5) is 0 Å². The van der Waals surface area contributed by atoms with Gasteiger partial charge in [0.1, 0.15) is 0 Å². The Hall–Kier alpha value is -0.380. The van der Waals surface area contributed by atoms with Crippen molar-refractivity contribution in [3.63, 3.8) is 0 Å². The second-order valence-corrected chi connectivity index (χ2v) is 6.73. The van der Waals surface area contributed by atoms with Gasteiger partial charge in [-0.15, -0.1) is 0 Å². The molecule has 1 saturated carbocycles. The first kappa shape index (κ1) is 14.0. The molecule has 18 heavy (non-hydrogen) atoms. The molecular weight excluding hydrogens is 242 g/mol. The van der Waals surface area contributed by atoms with Crippen LogP contribution in [0.3, 0.4) is 0 Å². The van der Waals surface area contributed by atoms with Crippen molar-refractivity contribution in [2.45, 2.75) is 44.9 Å². The Morgan fingerprint density at radius 2 is 1.67 bits per heavy atom. The van der Waals surface area contributed by atoms with Crippen molar-refractivity contribution >= 4 is 17.7 Å². The van der Waals surface area contributed by atoms with Gasteiger partial charge in [-0.05, 0) is 18.8 Å². The Labute approximate surface area is 116 Å². The third-order valence-corrected chi connectivity index (χ3v) is 5.01. The van der Waals surface area contributed by atoms with Crippen LogP contribution in [0.5, 0.6) is 0 Å². The van der Waals surface area contributed by atoms with E-state index < -0.39 is 0 Å². The van der Waals surface area contributed by atoms with E-state index in [0.29, 0.717) is 0 Å². The average molecular weight is 269 g/mol. The Bertz CT molecular complexity index is 254. The number of aliphatic imine (C=N–C) groups is 1. The molecule has 1 saturated heterocycles. The lowest BCUT2D eigenvalue weighted by Gasteiger charge is -2.27. The van der Waals surface area contributed by atoms with Crippen LogP contribution in [0.15, 0.2) is 4.99 Å². The minimum atomic E-state index is 0.781. The van der Waals surface area contributed by atoms with Crippen molar-refractivity contribution < 1.29 is 0 Å². The maximum atomic E-state index is 6.10. The van der Waals surface area contributed by atoms with Crippen LogP contribution >= 0.6 is 11.8 Å². The molecule has 0 unspecified atom stereocenters. The van der Waals surface area contributed by atoms with E-state index in [4.69, 9.17) is 5.73 Å². The second kappa shape index (κ2) is 7.93. The summed E-state index contributed by atoms with van der Waals surface area (Å²) in [5, 5.41) is 0. The average Bonchev–Trinajstić information content (AvgIpc) is 2.38. The molecule has 0 bridgehead atoms. The second-order valence-electron chi connectivity index (χ2n) is 5.51. The molecule has 0 aromatic heterocycles. The predicted molar refractivity (Wildman–Crippen MR) is 81.2 cm³/mol. The molecule has 0 spiro atoms. The summed E-state index contributed by atoms with van der Waals surface area (Å²) in [4.78, 5) is 6.90. The fraction of sp³-hybridized carbons (Fsp3) is 0.929. The van der Waals surface area contributed by atoms with Crippen molar-refractivity contribution in [2.75, 3.05) is 31.1 Å². The minimum absolute atomic E-state index is 0.781. The molecule has 1 heterocycles. The van der Waals surface area contributed by atoms with Crippen LogP contribution in [0.2, 0.25) is 0 Å². The highest BCUT2D eigenvalue weighted by Crippen LogP contribution is 2.22. The molecular formula is C14H27N3S. The Morgan fingerprint density at radius 3 is 2.33 bits per heavy atom. The summed E-state index contributed by atoms with van der Waals surface area (Å²) in [5.41, 5.74) is 6.10. The number of rotatable bonds is 2. The zero-order valence-electron chi connectivity index (χ0n) is 11.4. The molecule has 3 nitrogen and oxygen atoms in total. The van der Waals surface area contributed by atoms with E-state index in [1.807, 2.05) is 11.8 Å². The van der Waals surface area contributed by atoms with Crippen LogP contribution in [0, 0.1) is 5.92 Å². The monoisotopic (exact) mass is 269 g/mol. The lowest BCUT2D eigenvalue weighted by molar-refractivity contribution is 0.382. The lowest BCUT2D eigenvalue weighted by atomic mass is 9.91. The zero-order valence-corrected chi connectivity index (χ0v) is 12.3. The molecule has 2 fully saturated rings. The van der Waals surface area contributed by atoms with Gasteiger partial charge in [0.25, 0.3) is 0 Å². The fourth-order valence-electron chi connectivity index (χ4n) is 2.84. The van der Waals surface area contributed by atoms with E-state index in [-0.39, 0.29) is 0 Å². The van der Waals surface area contributed by atoms with Crippen LogP contribution in [0.1, 0.15) is 44.9 Å². The molecule has 2 N–H and O–H groups in total. The molecule has 0 aromatic carbocycles. The molecule has 2 rings (SSSR count). The Balaban J connectivity index is 1.76. The van der Waals surface area contributed by atoms with E-state index >= 15 is 0 Å². The van der Waals surface area contributed by atoms with Crippen LogP contribution in [-0.2, 0) is 0 Å². The van der Waals surface area contributed by atoms with Crippen molar-refractivity contribution in [1.29, 1.82) is 0 Å². The third kappa shape index (κ3) is 4.71. The summed E-state index contributed by atoms with van der Waals surface area (Å²) in [7, 11) is 0. The van der Waals surface area contributed by atoms with Gasteiger partial charge in [0.15, 0.2) is 5.96 Å². The van der Waals surface area contributed by atoms with Gasteiger partial charge in [-0.2, -0.15) is 11.8 Å². The van der Waals surface area contributed by atoms with Gasteiger partial charge >= 0.3 is 0 Å². The molecule has 0 amide bonds. The van der Waals surface area contributed by atoms with Gasteiger partial charge in [-0.25, -0.2) is 0 Å². The van der Waals surface area contributed by atoms with Gasteiger partial charge in [-0.3, -0.25) is 4.99 Å². The first-order chi connectivity index (χ1) is 8.86. The first-order valence-corrected chi connectivity index (χ1v) is 8.64. The summed E-state index contributed by atoms with van der Waals surface area (Å²) < 4.78 is 0. The Kier molecular flexibility index (Phi) is 6.18. The van der Waals surface area contributed by atoms with Crippen LogP contribution in [-0.4, -0.2) is 42.0 Å². The SMILES string of the molecule is NC(=NCC1CCCCCCC1)N1CCSCC1. The summed E-state index contributed by atoms with van der Waals surface area (Å²) >= 11 is 2.02. The Morgan fingerprint density at radius 1 is 1.06 bits per heavy atom. The number of nitrogens with zero attached hydrogens (tertiary/aromatic N) is 2. The normalized spacial score (nSPS) is 24.7. The van der Waals surface area contributed by atoms with Crippen molar-refractivity contribution in [3.8, 4) is 0 Å². The van der Waals surface area contributed by atoms with E-state index in [2.05, 4.69) is 9.89 Å². The van der Waals surface area contributed by atoms with E-state index in [9.17, 15) is 0 Å². The standard InChI is InChI=1S/C14H27N3S/c15-14(17-8-10-18-11-9-17)16-12-13-6-4-2-1-3-5-7-13/h13H,1-12H2,(H2,15,16). The molecule has 1 aliphatic heterocycles. The summed E-state index contributed by atoms with van der Waals surface area (Å²) in [6.45, 7) is 3.10. The van der Waals surface area contributed by atoms with Gasteiger partial charge < -0.3 is 10.6 Å². The molecule has 0 atom stereocenters. The van der Waals surface area contributed by atoms with Gasteiger partial charge in [0, 0.05) is 31.1 Å².